The lowest BCUT2D eigenvalue weighted by atomic mass is 9.54. The van der Waals surface area contributed by atoms with Gasteiger partial charge in [-0.1, -0.05) is 18.2 Å². The third kappa shape index (κ3) is 4.30. The first-order valence-corrected chi connectivity index (χ1v) is 13.9. The summed E-state index contributed by atoms with van der Waals surface area (Å²) in [6, 6.07) is 16.2. The molecule has 4 aromatic rings. The molecule has 0 saturated heterocycles. The summed E-state index contributed by atoms with van der Waals surface area (Å²) >= 11 is 0. The van der Waals surface area contributed by atoms with Crippen LogP contribution >= 0.6 is 0 Å². The van der Waals surface area contributed by atoms with Crippen molar-refractivity contribution in [2.45, 2.75) is 23.8 Å². The van der Waals surface area contributed by atoms with E-state index in [0.717, 1.165) is 34.4 Å². The Labute approximate surface area is 208 Å². The van der Waals surface area contributed by atoms with E-state index in [-0.39, 0.29) is 12.0 Å². The van der Waals surface area contributed by atoms with E-state index in [1.165, 1.54) is 6.26 Å². The summed E-state index contributed by atoms with van der Waals surface area (Å²) in [5, 5.41) is 0. The highest BCUT2D eigenvalue weighted by molar-refractivity contribution is 7.92. The number of benzene rings is 1. The van der Waals surface area contributed by atoms with Crippen molar-refractivity contribution in [1.29, 1.82) is 0 Å². The summed E-state index contributed by atoms with van der Waals surface area (Å²) in [6.07, 6.45) is 11.1. The van der Waals surface area contributed by atoms with Gasteiger partial charge in [-0.2, -0.15) is 4.57 Å². The molecule has 0 spiro atoms. The Morgan fingerprint density at radius 3 is 2.17 bits per heavy atom. The van der Waals surface area contributed by atoms with Crippen LogP contribution in [0, 0.1) is 10.2 Å². The van der Waals surface area contributed by atoms with Crippen LogP contribution in [0.1, 0.15) is 46.3 Å². The number of hydrogen-bond donors (Lipinski definition) is 1. The zero-order valence-corrected chi connectivity index (χ0v) is 20.4. The molecule has 2 atom stereocenters. The lowest BCUT2D eigenvalue weighted by Crippen LogP contribution is -2.68. The first-order valence-electron chi connectivity index (χ1n) is 10.8. The van der Waals surface area contributed by atoms with E-state index in [1.54, 1.807) is 25.1 Å². The number of nitrogens with zero attached hydrogens (tertiary/aromatic N) is 1. The maximum atomic E-state index is 12.2. The molecule has 2 unspecified atom stereocenters. The fourth-order valence-corrected chi connectivity index (χ4v) is 6.26. The van der Waals surface area contributed by atoms with Crippen LogP contribution in [0.3, 0.4) is 0 Å². The molecule has 0 fully saturated rings. The molecule has 5 heterocycles. The quantitative estimate of drug-likeness (QED) is 0.333. The first-order chi connectivity index (χ1) is 17.0. The van der Waals surface area contributed by atoms with E-state index >= 15 is 0 Å². The van der Waals surface area contributed by atoms with Gasteiger partial charge >= 0.3 is 0 Å². The summed E-state index contributed by atoms with van der Waals surface area (Å²) < 4.78 is 74.6. The summed E-state index contributed by atoms with van der Waals surface area (Å²) in [5.41, 5.74) is 5.58. The van der Waals surface area contributed by atoms with Crippen molar-refractivity contribution in [3.05, 3.63) is 108 Å². The lowest BCUT2D eigenvalue weighted by molar-refractivity contribution is -2.00. The van der Waals surface area contributed by atoms with Gasteiger partial charge in [-0.05, 0) is 18.2 Å². The first kappa shape index (κ1) is 24.5. The highest BCUT2D eigenvalue weighted by Crippen LogP contribution is 2.61. The molecule has 12 heteroatoms. The van der Waals surface area contributed by atoms with Crippen molar-refractivity contribution >= 4 is 15.7 Å². The average molecular weight is 533 g/mol. The topological polar surface area (TPSA) is 169 Å². The highest BCUT2D eigenvalue weighted by atomic mass is 35.7. The van der Waals surface area contributed by atoms with Crippen LogP contribution in [0.5, 0.6) is 0 Å². The molecule has 36 heavy (non-hydrogen) atoms. The van der Waals surface area contributed by atoms with Gasteiger partial charge in [0.1, 0.15) is 0 Å². The van der Waals surface area contributed by atoms with Crippen molar-refractivity contribution in [3.8, 4) is 0 Å². The summed E-state index contributed by atoms with van der Waals surface area (Å²) in [6.45, 7) is 0. The summed E-state index contributed by atoms with van der Waals surface area (Å²) in [7, 11) is -8.39. The SMILES string of the molecule is CS(=O)(=O)Nc1cccc2c1C1c3cccc[n+]3C2CC1(c1ccoc1)c1ccoc1.[O-][Cl+3]([O-])([O-])[O-]. The smallest absolute Gasteiger partial charge is 0.229 e. The van der Waals surface area contributed by atoms with Crippen molar-refractivity contribution < 1.29 is 50.7 Å². The second-order valence-corrected chi connectivity index (χ2v) is 11.2. The number of halogens is 1. The molecule has 0 radical (unpaired) electrons. The summed E-state index contributed by atoms with van der Waals surface area (Å²) in [4.78, 5) is 0. The van der Waals surface area contributed by atoms with E-state index < -0.39 is 25.7 Å². The number of anilines is 1. The van der Waals surface area contributed by atoms with Gasteiger partial charge in [-0.15, -0.1) is 10.2 Å². The molecule has 1 N–H and O–H groups in total. The van der Waals surface area contributed by atoms with Crippen LogP contribution in [0.15, 0.2) is 88.6 Å². The fourth-order valence-electron chi connectivity index (χ4n) is 5.68. The highest BCUT2D eigenvalue weighted by Gasteiger charge is 2.60. The van der Waals surface area contributed by atoms with Gasteiger partial charge in [-0.3, -0.25) is 4.72 Å². The lowest BCUT2D eigenvalue weighted by Gasteiger charge is -2.49. The second kappa shape index (κ2) is 8.73. The fraction of sp³-hybridized carbons (Fsp3) is 0.208. The standard InChI is InChI=1S/C24H21N2O4S.ClHO4/c1-31(27,28)25-19-6-4-5-18-21-13-24(16-8-11-29-14-16,17-9-12-30-15-17)23(22(18)19)20-7-2-3-10-26(20)21;2-1(3,4)5/h2-12,14-15,21,23,25H,13H2,1H3;(H,2,3,4,5)/q+1;/p-1. The maximum Gasteiger partial charge on any atom is 0.229 e. The van der Waals surface area contributed by atoms with Gasteiger partial charge < -0.3 is 8.83 Å². The predicted molar refractivity (Wildman–Crippen MR) is 114 cm³/mol. The molecular formula is C24H21ClN2O8S. The Morgan fingerprint density at radius 1 is 0.972 bits per heavy atom. The third-order valence-electron chi connectivity index (χ3n) is 6.72. The number of pyridine rings is 1. The van der Waals surface area contributed by atoms with E-state index in [1.807, 2.05) is 36.4 Å². The molecule has 2 bridgehead atoms. The molecule has 3 aliphatic rings. The minimum Gasteiger partial charge on any atom is -0.472 e. The Morgan fingerprint density at radius 2 is 1.61 bits per heavy atom. The van der Waals surface area contributed by atoms with Gasteiger partial charge in [0, 0.05) is 40.8 Å². The minimum absolute atomic E-state index is 0.0438. The Bertz CT molecular complexity index is 1440. The maximum absolute atomic E-state index is 12.2. The van der Waals surface area contributed by atoms with Crippen molar-refractivity contribution in [3.63, 3.8) is 0 Å². The van der Waals surface area contributed by atoms with Crippen LogP contribution in [-0.2, 0) is 15.4 Å². The van der Waals surface area contributed by atoms with E-state index in [9.17, 15) is 8.42 Å². The Kier molecular flexibility index (Phi) is 5.94. The minimum atomic E-state index is -4.94. The summed E-state index contributed by atoms with van der Waals surface area (Å²) in [5.74, 6) is -0.130. The normalized spacial score (nSPS) is 19.6. The molecule has 2 aliphatic heterocycles. The van der Waals surface area contributed by atoms with Crippen LogP contribution in [-0.4, -0.2) is 14.7 Å². The van der Waals surface area contributed by atoms with Crippen molar-refractivity contribution in [2.75, 3.05) is 11.0 Å². The molecule has 3 aromatic heterocycles. The Balaban J connectivity index is 0.000000489. The van der Waals surface area contributed by atoms with Crippen LogP contribution in [0.4, 0.5) is 5.69 Å². The molecule has 0 amide bonds. The monoisotopic (exact) mass is 532 g/mol. The zero-order valence-electron chi connectivity index (χ0n) is 18.9. The van der Waals surface area contributed by atoms with E-state index in [4.69, 9.17) is 27.5 Å². The van der Waals surface area contributed by atoms with Gasteiger partial charge in [-0.25, -0.2) is 27.1 Å². The van der Waals surface area contributed by atoms with Gasteiger partial charge in [0.15, 0.2) is 17.9 Å². The van der Waals surface area contributed by atoms with Crippen LogP contribution < -0.4 is 27.9 Å². The predicted octanol–water partition coefficient (Wildman–Crippen LogP) is -0.800. The number of hydrogen-bond acceptors (Lipinski definition) is 8. The number of furan rings is 2. The largest absolute Gasteiger partial charge is 0.472 e. The number of fused-ring (bicyclic) bond motifs is 1. The van der Waals surface area contributed by atoms with Crippen LogP contribution in [0.25, 0.3) is 0 Å². The number of sulfonamides is 1. The molecular weight excluding hydrogens is 512 g/mol. The van der Waals surface area contributed by atoms with Gasteiger partial charge in [0.05, 0.1) is 48.3 Å². The van der Waals surface area contributed by atoms with E-state index in [0.29, 0.717) is 5.69 Å². The van der Waals surface area contributed by atoms with E-state index in [2.05, 4.69) is 27.6 Å². The van der Waals surface area contributed by atoms with Crippen molar-refractivity contribution in [2.24, 2.45) is 0 Å². The Hall–Kier alpha value is -3.19. The van der Waals surface area contributed by atoms with Gasteiger partial charge in [0.25, 0.3) is 0 Å². The van der Waals surface area contributed by atoms with Crippen molar-refractivity contribution in [1.82, 2.24) is 0 Å². The molecule has 188 valence electrons. The number of rotatable bonds is 4. The molecule has 10 nitrogen and oxygen atoms in total. The second-order valence-electron chi connectivity index (χ2n) is 8.74. The van der Waals surface area contributed by atoms with Crippen LogP contribution in [0.2, 0.25) is 0 Å². The number of aromatic nitrogens is 1. The molecule has 1 aromatic carbocycles. The number of nitrogens with one attached hydrogen (secondary N) is 1. The molecule has 7 rings (SSSR count). The molecule has 1 aliphatic carbocycles. The zero-order chi connectivity index (χ0) is 25.7. The average Bonchev–Trinajstić information content (AvgIpc) is 3.52. The molecule has 0 saturated carbocycles. The van der Waals surface area contributed by atoms with Gasteiger partial charge in [0.2, 0.25) is 10.0 Å². The third-order valence-corrected chi connectivity index (χ3v) is 7.31.